The molecule has 0 aliphatic carbocycles. The van der Waals surface area contributed by atoms with Gasteiger partial charge in [0.05, 0.1) is 12.0 Å². The Balaban J connectivity index is 1.47. The van der Waals surface area contributed by atoms with Gasteiger partial charge in [0, 0.05) is 11.3 Å². The first-order valence-corrected chi connectivity index (χ1v) is 10.7. The molecule has 0 aliphatic heterocycles. The maximum absolute atomic E-state index is 5.38. The Morgan fingerprint density at radius 1 is 0.903 bits per heavy atom. The number of hydrogen-bond acceptors (Lipinski definition) is 7. The molecule has 5 aromatic rings. The van der Waals surface area contributed by atoms with Crippen molar-refractivity contribution in [2.45, 2.75) is 24.8 Å². The number of benzene rings is 2. The highest BCUT2D eigenvalue weighted by atomic mass is 32.2. The summed E-state index contributed by atoms with van der Waals surface area (Å²) >= 11 is 1.49. The molecule has 0 spiro atoms. The van der Waals surface area contributed by atoms with Gasteiger partial charge < -0.3 is 8.94 Å². The highest BCUT2D eigenvalue weighted by molar-refractivity contribution is 7.98. The molecule has 0 atom stereocenters. The highest BCUT2D eigenvalue weighted by Gasteiger charge is 2.18. The van der Waals surface area contributed by atoms with Crippen LogP contribution in [0.25, 0.3) is 28.7 Å². The molecule has 0 aliphatic rings. The third kappa shape index (κ3) is 4.02. The molecule has 0 saturated carbocycles. The van der Waals surface area contributed by atoms with Crippen LogP contribution in [0.15, 0.2) is 81.0 Å². The van der Waals surface area contributed by atoms with Crippen LogP contribution in [-0.2, 0) is 5.75 Å². The molecule has 0 saturated heterocycles. The van der Waals surface area contributed by atoms with Gasteiger partial charge in [0.2, 0.25) is 11.7 Å². The average Bonchev–Trinajstić information content (AvgIpc) is 3.54. The zero-order valence-corrected chi connectivity index (χ0v) is 17.8. The van der Waals surface area contributed by atoms with Gasteiger partial charge in [0.15, 0.2) is 16.7 Å². The Hall–Kier alpha value is -3.65. The number of nitrogens with zero attached hydrogens (tertiary/aromatic N) is 5. The monoisotopic (exact) mass is 429 g/mol. The van der Waals surface area contributed by atoms with Crippen molar-refractivity contribution in [3.05, 3.63) is 83.9 Å². The van der Waals surface area contributed by atoms with Crippen LogP contribution in [0.3, 0.4) is 0 Å². The van der Waals surface area contributed by atoms with Gasteiger partial charge in [0.1, 0.15) is 0 Å². The van der Waals surface area contributed by atoms with Crippen LogP contribution in [0.2, 0.25) is 0 Å². The van der Waals surface area contributed by atoms with Gasteiger partial charge in [-0.25, -0.2) is 0 Å². The molecular formula is C23H19N5O2S. The van der Waals surface area contributed by atoms with Crippen molar-refractivity contribution in [2.75, 3.05) is 0 Å². The summed E-state index contributed by atoms with van der Waals surface area (Å²) in [6.45, 7) is 4.13. The fourth-order valence-corrected chi connectivity index (χ4v) is 3.91. The molecule has 0 N–H and O–H groups in total. The Bertz CT molecular complexity index is 1290. The van der Waals surface area contributed by atoms with Crippen LogP contribution in [0.5, 0.6) is 0 Å². The van der Waals surface area contributed by atoms with E-state index in [1.165, 1.54) is 22.9 Å². The van der Waals surface area contributed by atoms with Gasteiger partial charge in [-0.05, 0) is 38.1 Å². The quantitative estimate of drug-likeness (QED) is 0.330. The number of hydrogen-bond donors (Lipinski definition) is 0. The first-order chi connectivity index (χ1) is 15.2. The standard InChI is InChI=1S/C23H19N5O2S/c1-15-5-9-17(10-6-15)22-25-26-23(28(22)18-11-7-16(2)8-12-18)31-14-20-24-21(27-30-20)19-4-3-13-29-19/h3-13H,14H2,1-2H3. The van der Waals surface area contributed by atoms with Crippen LogP contribution < -0.4 is 0 Å². The van der Waals surface area contributed by atoms with Crippen LogP contribution in [0.1, 0.15) is 17.0 Å². The number of furan rings is 1. The molecule has 0 fully saturated rings. The normalized spacial score (nSPS) is 11.2. The number of aryl methyl sites for hydroxylation is 2. The van der Waals surface area contributed by atoms with Gasteiger partial charge in [-0.15, -0.1) is 10.2 Å². The Morgan fingerprint density at radius 2 is 1.65 bits per heavy atom. The zero-order chi connectivity index (χ0) is 21.2. The van der Waals surface area contributed by atoms with Crippen molar-refractivity contribution in [1.29, 1.82) is 0 Å². The minimum atomic E-state index is 0.431. The Labute approximate surface area is 183 Å². The van der Waals surface area contributed by atoms with E-state index in [1.54, 1.807) is 18.4 Å². The fourth-order valence-electron chi connectivity index (χ4n) is 3.13. The van der Waals surface area contributed by atoms with Crippen molar-refractivity contribution in [1.82, 2.24) is 24.9 Å². The van der Waals surface area contributed by atoms with Crippen LogP contribution in [0.4, 0.5) is 0 Å². The van der Waals surface area contributed by atoms with Crippen LogP contribution >= 0.6 is 11.8 Å². The van der Waals surface area contributed by atoms with E-state index in [4.69, 9.17) is 8.94 Å². The van der Waals surface area contributed by atoms with Crippen LogP contribution in [0, 0.1) is 13.8 Å². The Kier molecular flexibility index (Phi) is 5.13. The van der Waals surface area contributed by atoms with E-state index in [1.807, 2.05) is 0 Å². The largest absolute Gasteiger partial charge is 0.461 e. The number of thioether (sulfide) groups is 1. The van der Waals surface area contributed by atoms with Crippen molar-refractivity contribution >= 4 is 11.8 Å². The first kappa shape index (κ1) is 19.3. The van der Waals surface area contributed by atoms with Crippen molar-refractivity contribution in [3.63, 3.8) is 0 Å². The summed E-state index contributed by atoms with van der Waals surface area (Å²) in [5, 5.41) is 13.7. The van der Waals surface area contributed by atoms with Crippen molar-refractivity contribution in [2.24, 2.45) is 0 Å². The van der Waals surface area contributed by atoms with Gasteiger partial charge >= 0.3 is 0 Å². The summed E-state index contributed by atoms with van der Waals surface area (Å²) in [7, 11) is 0. The van der Waals surface area contributed by atoms with Gasteiger partial charge in [-0.3, -0.25) is 4.57 Å². The molecule has 5 rings (SSSR count). The summed E-state index contributed by atoms with van der Waals surface area (Å²) < 4.78 is 12.8. The van der Waals surface area contributed by atoms with Gasteiger partial charge in [-0.2, -0.15) is 4.98 Å². The summed E-state index contributed by atoms with van der Waals surface area (Å²) in [6.07, 6.45) is 1.58. The van der Waals surface area contributed by atoms with E-state index in [9.17, 15) is 0 Å². The minimum absolute atomic E-state index is 0.431. The molecular weight excluding hydrogens is 410 g/mol. The molecule has 3 heterocycles. The molecule has 0 radical (unpaired) electrons. The predicted molar refractivity (Wildman–Crippen MR) is 118 cm³/mol. The molecule has 8 heteroatoms. The lowest BCUT2D eigenvalue weighted by Gasteiger charge is -2.10. The summed E-state index contributed by atoms with van der Waals surface area (Å²) in [5.41, 5.74) is 4.39. The van der Waals surface area contributed by atoms with E-state index < -0.39 is 0 Å². The number of aromatic nitrogens is 5. The molecule has 0 unspecified atom stereocenters. The Morgan fingerprint density at radius 3 is 2.35 bits per heavy atom. The topological polar surface area (TPSA) is 82.8 Å². The third-order valence-corrected chi connectivity index (χ3v) is 5.68. The SMILES string of the molecule is Cc1ccc(-c2nnc(SCc3nc(-c4ccco4)no3)n2-c2ccc(C)cc2)cc1. The average molecular weight is 430 g/mol. The van der Waals surface area contributed by atoms with Crippen molar-refractivity contribution < 1.29 is 8.94 Å². The molecule has 3 aromatic heterocycles. The second-order valence-electron chi connectivity index (χ2n) is 7.12. The lowest BCUT2D eigenvalue weighted by Crippen LogP contribution is -2.00. The van der Waals surface area contributed by atoms with Crippen molar-refractivity contribution in [3.8, 4) is 28.7 Å². The first-order valence-electron chi connectivity index (χ1n) is 9.76. The second-order valence-corrected chi connectivity index (χ2v) is 8.06. The molecule has 0 bridgehead atoms. The summed E-state index contributed by atoms with van der Waals surface area (Å²) in [6, 6.07) is 20.2. The minimum Gasteiger partial charge on any atom is -0.461 e. The molecule has 154 valence electrons. The van der Waals surface area contributed by atoms with E-state index in [0.29, 0.717) is 23.2 Å². The third-order valence-electron chi connectivity index (χ3n) is 4.77. The zero-order valence-electron chi connectivity index (χ0n) is 17.0. The number of rotatable bonds is 6. The lowest BCUT2D eigenvalue weighted by molar-refractivity contribution is 0.390. The smallest absolute Gasteiger partial charge is 0.238 e. The summed E-state index contributed by atoms with van der Waals surface area (Å²) in [4.78, 5) is 4.41. The maximum atomic E-state index is 5.38. The fraction of sp³-hybridized carbons (Fsp3) is 0.130. The van der Waals surface area contributed by atoms with Gasteiger partial charge in [0.25, 0.3) is 0 Å². The predicted octanol–water partition coefficient (Wildman–Crippen LogP) is 5.49. The highest BCUT2D eigenvalue weighted by Crippen LogP contribution is 2.30. The second kappa shape index (κ2) is 8.23. The van der Waals surface area contributed by atoms with E-state index in [2.05, 4.69) is 87.3 Å². The molecule has 2 aromatic carbocycles. The molecule has 7 nitrogen and oxygen atoms in total. The van der Waals surface area contributed by atoms with E-state index in [-0.39, 0.29) is 0 Å². The van der Waals surface area contributed by atoms with E-state index >= 15 is 0 Å². The summed E-state index contributed by atoms with van der Waals surface area (Å²) in [5.74, 6) is 2.75. The van der Waals surface area contributed by atoms with Gasteiger partial charge in [-0.1, -0.05) is 64.4 Å². The van der Waals surface area contributed by atoms with Crippen LogP contribution in [-0.4, -0.2) is 24.9 Å². The molecule has 31 heavy (non-hydrogen) atoms. The molecule has 0 amide bonds. The lowest BCUT2D eigenvalue weighted by atomic mass is 10.1. The van der Waals surface area contributed by atoms with E-state index in [0.717, 1.165) is 22.2 Å². The maximum Gasteiger partial charge on any atom is 0.238 e.